The molecule has 3 aromatic rings. The Kier molecular flexibility index (Phi) is 5.64. The third-order valence-electron chi connectivity index (χ3n) is 5.39. The van der Waals surface area contributed by atoms with Gasteiger partial charge in [-0.2, -0.15) is 0 Å². The second kappa shape index (κ2) is 7.68. The summed E-state index contributed by atoms with van der Waals surface area (Å²) < 4.78 is 18.0. The molecule has 28 heavy (non-hydrogen) atoms. The maximum absolute atomic E-state index is 6.65. The summed E-state index contributed by atoms with van der Waals surface area (Å²) in [4.78, 5) is 9.21. The van der Waals surface area contributed by atoms with Gasteiger partial charge in [-0.3, -0.25) is 0 Å². The second-order valence-electron chi connectivity index (χ2n) is 9.02. The predicted molar refractivity (Wildman–Crippen MR) is 113 cm³/mol. The molecule has 5 nitrogen and oxygen atoms in total. The number of rotatable bonds is 6. The highest BCUT2D eigenvalue weighted by Crippen LogP contribution is 2.41. The number of aromatic nitrogens is 2. The summed E-state index contributed by atoms with van der Waals surface area (Å²) in [7, 11) is -1.94. The Bertz CT molecular complexity index is 907. The molecule has 0 saturated heterocycles. The summed E-state index contributed by atoms with van der Waals surface area (Å²) in [5, 5.41) is 0.128. The van der Waals surface area contributed by atoms with E-state index in [-0.39, 0.29) is 17.1 Å². The van der Waals surface area contributed by atoms with E-state index in [9.17, 15) is 0 Å². The van der Waals surface area contributed by atoms with Crippen molar-refractivity contribution in [3.63, 3.8) is 0 Å². The van der Waals surface area contributed by atoms with Crippen LogP contribution in [0.15, 0.2) is 51.7 Å². The average Bonchev–Trinajstić information content (AvgIpc) is 3.28. The molecule has 0 aliphatic carbocycles. The largest absolute Gasteiger partial charge is 0.444 e. The average molecular weight is 399 g/mol. The Labute approximate surface area is 168 Å². The zero-order valence-corrected chi connectivity index (χ0v) is 18.8. The van der Waals surface area contributed by atoms with Crippen LogP contribution in [0.3, 0.4) is 0 Å². The summed E-state index contributed by atoms with van der Waals surface area (Å²) >= 11 is 0. The first-order valence-electron chi connectivity index (χ1n) is 9.73. The molecule has 0 spiro atoms. The van der Waals surface area contributed by atoms with Gasteiger partial charge < -0.3 is 13.3 Å². The van der Waals surface area contributed by atoms with Crippen LogP contribution in [0.2, 0.25) is 18.1 Å². The van der Waals surface area contributed by atoms with Crippen LogP contribution in [0.1, 0.15) is 46.4 Å². The Morgan fingerprint density at radius 2 is 1.57 bits per heavy atom. The molecule has 1 unspecified atom stereocenters. The van der Waals surface area contributed by atoms with E-state index in [4.69, 9.17) is 13.3 Å². The van der Waals surface area contributed by atoms with E-state index in [1.807, 2.05) is 30.3 Å². The van der Waals surface area contributed by atoms with Crippen molar-refractivity contribution in [2.24, 2.45) is 5.92 Å². The molecule has 150 valence electrons. The quantitative estimate of drug-likeness (QED) is 0.431. The van der Waals surface area contributed by atoms with Crippen molar-refractivity contribution in [3.05, 3.63) is 48.6 Å². The van der Waals surface area contributed by atoms with Gasteiger partial charge in [0.2, 0.25) is 11.8 Å². The van der Waals surface area contributed by atoms with Crippen molar-refractivity contribution < 1.29 is 13.3 Å². The standard InChI is InChI=1S/C22H30N2O3Si/c1-15(2)19(27-28(6,7)22(3,4)5)17-13-26-21(23-17)18-14-25-20(24-18)16-11-9-8-10-12-16/h8-15,19H,1-7H3. The molecule has 1 aromatic carbocycles. The predicted octanol–water partition coefficient (Wildman–Crippen LogP) is 6.72. The van der Waals surface area contributed by atoms with Crippen LogP contribution in [0.25, 0.3) is 23.0 Å². The van der Waals surface area contributed by atoms with Gasteiger partial charge >= 0.3 is 0 Å². The first-order valence-corrected chi connectivity index (χ1v) is 12.6. The third kappa shape index (κ3) is 4.28. The lowest BCUT2D eigenvalue weighted by Gasteiger charge is -2.39. The fourth-order valence-electron chi connectivity index (χ4n) is 2.65. The van der Waals surface area contributed by atoms with E-state index in [1.165, 1.54) is 0 Å². The maximum Gasteiger partial charge on any atom is 0.248 e. The van der Waals surface area contributed by atoms with E-state index in [0.29, 0.717) is 17.5 Å². The smallest absolute Gasteiger partial charge is 0.248 e. The molecule has 1 atom stereocenters. The molecule has 0 saturated carbocycles. The number of nitrogens with zero attached hydrogens (tertiary/aromatic N) is 2. The van der Waals surface area contributed by atoms with Gasteiger partial charge in [-0.15, -0.1) is 0 Å². The van der Waals surface area contributed by atoms with Crippen molar-refractivity contribution in [2.45, 2.75) is 58.9 Å². The third-order valence-corrected chi connectivity index (χ3v) is 9.85. The van der Waals surface area contributed by atoms with Gasteiger partial charge in [-0.1, -0.05) is 52.8 Å². The summed E-state index contributed by atoms with van der Waals surface area (Å²) in [6.07, 6.45) is 3.15. The van der Waals surface area contributed by atoms with Crippen LogP contribution in [-0.4, -0.2) is 18.3 Å². The topological polar surface area (TPSA) is 61.3 Å². The lowest BCUT2D eigenvalue weighted by Crippen LogP contribution is -2.42. The summed E-state index contributed by atoms with van der Waals surface area (Å²) in [6, 6.07) is 9.78. The number of hydrogen-bond acceptors (Lipinski definition) is 5. The first-order chi connectivity index (χ1) is 13.1. The number of oxazole rings is 2. The van der Waals surface area contributed by atoms with Crippen LogP contribution in [0.4, 0.5) is 0 Å². The van der Waals surface area contributed by atoms with E-state index >= 15 is 0 Å². The van der Waals surface area contributed by atoms with Crippen LogP contribution in [-0.2, 0) is 4.43 Å². The van der Waals surface area contributed by atoms with Gasteiger partial charge in [0.15, 0.2) is 14.0 Å². The highest BCUT2D eigenvalue weighted by atomic mass is 28.4. The Hall–Kier alpha value is -2.18. The normalized spacial score (nSPS) is 13.9. The zero-order chi connectivity index (χ0) is 20.5. The molecule has 0 radical (unpaired) electrons. The number of benzene rings is 1. The summed E-state index contributed by atoms with van der Waals surface area (Å²) in [5.74, 6) is 1.28. The zero-order valence-electron chi connectivity index (χ0n) is 17.8. The van der Waals surface area contributed by atoms with E-state index in [2.05, 4.69) is 57.7 Å². The maximum atomic E-state index is 6.65. The summed E-state index contributed by atoms with van der Waals surface area (Å²) in [5.41, 5.74) is 2.31. The van der Waals surface area contributed by atoms with Gasteiger partial charge in [-0.25, -0.2) is 9.97 Å². The van der Waals surface area contributed by atoms with E-state index < -0.39 is 8.32 Å². The Balaban J connectivity index is 1.85. The molecule has 2 heterocycles. The van der Waals surface area contributed by atoms with Gasteiger partial charge in [0.05, 0.1) is 6.10 Å². The number of hydrogen-bond donors (Lipinski definition) is 0. The van der Waals surface area contributed by atoms with Crippen molar-refractivity contribution in [2.75, 3.05) is 0 Å². The second-order valence-corrected chi connectivity index (χ2v) is 13.8. The minimum atomic E-state index is -1.94. The minimum absolute atomic E-state index is 0.112. The van der Waals surface area contributed by atoms with Crippen LogP contribution < -0.4 is 0 Å². The molecule has 0 N–H and O–H groups in total. The SMILES string of the molecule is CC(C)C(O[Si](C)(C)C(C)(C)C)c1coc(-c2coc(-c3ccccc3)n2)n1. The Morgan fingerprint density at radius 3 is 2.18 bits per heavy atom. The van der Waals surface area contributed by atoms with Crippen LogP contribution >= 0.6 is 0 Å². The molecule has 6 heteroatoms. The molecule has 0 aliphatic rings. The van der Waals surface area contributed by atoms with Crippen LogP contribution in [0, 0.1) is 5.92 Å². The van der Waals surface area contributed by atoms with Crippen molar-refractivity contribution in [1.82, 2.24) is 9.97 Å². The molecule has 0 bridgehead atoms. The highest BCUT2D eigenvalue weighted by molar-refractivity contribution is 6.74. The molecule has 2 aromatic heterocycles. The van der Waals surface area contributed by atoms with Crippen molar-refractivity contribution >= 4 is 8.32 Å². The molecule has 3 rings (SSSR count). The summed E-state index contributed by atoms with van der Waals surface area (Å²) in [6.45, 7) is 15.5. The monoisotopic (exact) mass is 398 g/mol. The highest BCUT2D eigenvalue weighted by Gasteiger charge is 2.40. The van der Waals surface area contributed by atoms with Crippen molar-refractivity contribution in [1.29, 1.82) is 0 Å². The molecule has 0 amide bonds. The molecular formula is C22H30N2O3Si. The molecule has 0 aliphatic heterocycles. The van der Waals surface area contributed by atoms with Gasteiger partial charge in [-0.05, 0) is 36.2 Å². The van der Waals surface area contributed by atoms with Gasteiger partial charge in [0.1, 0.15) is 18.2 Å². The first kappa shape index (κ1) is 20.5. The molecule has 0 fully saturated rings. The Morgan fingerprint density at radius 1 is 0.929 bits per heavy atom. The van der Waals surface area contributed by atoms with Gasteiger partial charge in [0.25, 0.3) is 0 Å². The molecular weight excluding hydrogens is 368 g/mol. The van der Waals surface area contributed by atoms with E-state index in [1.54, 1.807) is 12.5 Å². The lowest BCUT2D eigenvalue weighted by molar-refractivity contribution is 0.131. The van der Waals surface area contributed by atoms with Crippen molar-refractivity contribution in [3.8, 4) is 23.0 Å². The fourth-order valence-corrected chi connectivity index (χ4v) is 4.03. The lowest BCUT2D eigenvalue weighted by atomic mass is 10.1. The van der Waals surface area contributed by atoms with E-state index in [0.717, 1.165) is 11.3 Å². The van der Waals surface area contributed by atoms with Crippen LogP contribution in [0.5, 0.6) is 0 Å². The fraction of sp³-hybridized carbons (Fsp3) is 0.455. The van der Waals surface area contributed by atoms with Gasteiger partial charge in [0, 0.05) is 5.56 Å². The minimum Gasteiger partial charge on any atom is -0.444 e.